The summed E-state index contributed by atoms with van der Waals surface area (Å²) in [7, 11) is 0. The molecule has 0 radical (unpaired) electrons. The van der Waals surface area contributed by atoms with Crippen LogP contribution in [-0.2, 0) is 0 Å². The standard InChI is InChI=1S/C11H18N4O8/c16-4-8(11(19)10(18)5-17)13-12-7-2-1-6(14(20)21)3-9(7)15(22)23/h1-3,10-12,14-20,22H,4-5H2/t10-,11-/m1/s1. The number of aliphatic hydroxyl groups is 4. The van der Waals surface area contributed by atoms with Gasteiger partial charge >= 0.3 is 0 Å². The number of hydrogen-bond donors (Lipinski definition) is 9. The lowest BCUT2D eigenvalue weighted by molar-refractivity contribution is -0.996. The smallest absolute Gasteiger partial charge is 0.195 e. The maximum absolute atomic E-state index is 11.1. The Morgan fingerprint density at radius 3 is 2.30 bits per heavy atom. The number of nitrogens with one attached hydrogen (secondary N) is 3. The molecule has 2 unspecified atom stereocenters. The molecule has 0 saturated heterocycles. The van der Waals surface area contributed by atoms with Crippen molar-refractivity contribution in [3.05, 3.63) is 28.6 Å². The number of hydrogen-bond acceptors (Lipinski definition) is 10. The summed E-state index contributed by atoms with van der Waals surface area (Å²) in [5.74, 6) is 0. The van der Waals surface area contributed by atoms with Gasteiger partial charge in [0.1, 0.15) is 17.9 Å². The maximum Gasteiger partial charge on any atom is 0.195 e. The van der Waals surface area contributed by atoms with Crippen LogP contribution in [0.3, 0.4) is 0 Å². The molecule has 0 aliphatic carbocycles. The van der Waals surface area contributed by atoms with Crippen LogP contribution in [0, 0.1) is 10.4 Å². The van der Waals surface area contributed by atoms with E-state index in [1.54, 1.807) is 0 Å². The second kappa shape index (κ2) is 8.80. The fraction of sp³-hybridized carbons (Fsp3) is 0.364. The van der Waals surface area contributed by atoms with E-state index in [1.165, 1.54) is 0 Å². The Morgan fingerprint density at radius 1 is 1.17 bits per heavy atom. The van der Waals surface area contributed by atoms with E-state index in [0.717, 1.165) is 18.2 Å². The lowest BCUT2D eigenvalue weighted by Gasteiger charge is -2.19. The Labute approximate surface area is 129 Å². The number of rotatable bonds is 8. The Balaban J connectivity index is 3.05. The van der Waals surface area contributed by atoms with Crippen molar-refractivity contribution in [2.24, 2.45) is 5.10 Å². The first-order chi connectivity index (χ1) is 10.8. The van der Waals surface area contributed by atoms with Gasteiger partial charge in [-0.2, -0.15) is 15.6 Å². The van der Waals surface area contributed by atoms with Gasteiger partial charge in [0.15, 0.2) is 11.4 Å². The molecular formula is C11H18N4O8. The molecule has 0 saturated carbocycles. The third-order valence-corrected chi connectivity index (χ3v) is 2.87. The minimum absolute atomic E-state index is 0.0841. The number of aliphatic hydroxyl groups excluding tert-OH is 4. The quantitative estimate of drug-likeness (QED) is 0.168. The van der Waals surface area contributed by atoms with Crippen LogP contribution in [0.1, 0.15) is 0 Å². The summed E-state index contributed by atoms with van der Waals surface area (Å²) < 4.78 is 0. The molecule has 0 heterocycles. The monoisotopic (exact) mass is 334 g/mol. The van der Waals surface area contributed by atoms with E-state index in [2.05, 4.69) is 10.5 Å². The molecule has 4 atom stereocenters. The highest BCUT2D eigenvalue weighted by atomic mass is 16.8. The van der Waals surface area contributed by atoms with Gasteiger partial charge in [0.25, 0.3) is 0 Å². The van der Waals surface area contributed by atoms with Crippen molar-refractivity contribution in [2.45, 2.75) is 12.2 Å². The van der Waals surface area contributed by atoms with Crippen molar-refractivity contribution in [3.63, 3.8) is 0 Å². The van der Waals surface area contributed by atoms with Crippen LogP contribution in [0.5, 0.6) is 0 Å². The van der Waals surface area contributed by atoms with E-state index in [1.807, 2.05) is 0 Å². The van der Waals surface area contributed by atoms with E-state index < -0.39 is 35.9 Å². The number of hydrazone groups is 1. The van der Waals surface area contributed by atoms with Crippen molar-refractivity contribution < 1.29 is 41.3 Å². The lowest BCUT2D eigenvalue weighted by atomic mass is 10.1. The molecule has 0 fully saturated rings. The zero-order valence-corrected chi connectivity index (χ0v) is 11.7. The average Bonchev–Trinajstić information content (AvgIpc) is 2.53. The highest BCUT2D eigenvalue weighted by molar-refractivity contribution is 5.90. The molecule has 9 N–H and O–H groups in total. The van der Waals surface area contributed by atoms with Gasteiger partial charge in [0.05, 0.1) is 25.0 Å². The first-order valence-corrected chi connectivity index (χ1v) is 6.32. The highest BCUT2D eigenvalue weighted by Crippen LogP contribution is 2.20. The largest absolute Gasteiger partial charge is 0.595 e. The fourth-order valence-electron chi connectivity index (χ4n) is 1.60. The van der Waals surface area contributed by atoms with Gasteiger partial charge in [-0.25, -0.2) is 10.4 Å². The van der Waals surface area contributed by atoms with Crippen molar-refractivity contribution in [3.8, 4) is 0 Å². The summed E-state index contributed by atoms with van der Waals surface area (Å²) in [6.45, 7) is -1.53. The van der Waals surface area contributed by atoms with E-state index in [4.69, 9.17) is 20.6 Å². The van der Waals surface area contributed by atoms with Crippen molar-refractivity contribution >= 4 is 22.8 Å². The molecule has 1 aromatic carbocycles. The van der Waals surface area contributed by atoms with Crippen LogP contribution in [-0.4, -0.2) is 62.0 Å². The van der Waals surface area contributed by atoms with E-state index in [-0.39, 0.29) is 22.8 Å². The molecule has 23 heavy (non-hydrogen) atoms. The van der Waals surface area contributed by atoms with Crippen LogP contribution >= 0.6 is 0 Å². The van der Waals surface area contributed by atoms with Gasteiger partial charge < -0.3 is 30.8 Å². The molecule has 0 amide bonds. The fourth-order valence-corrected chi connectivity index (χ4v) is 1.60. The van der Waals surface area contributed by atoms with Gasteiger partial charge in [0.2, 0.25) is 0 Å². The van der Waals surface area contributed by atoms with Crippen molar-refractivity contribution in [1.29, 1.82) is 0 Å². The Kier molecular flexibility index (Phi) is 7.40. The Hall–Kier alpha value is -1.71. The SMILES string of the molecule is [O-][NH+](O)c1ccc(NN=C(CO)[C@@H](O)[C@H](O)CO)c([NH+]([O-])O)c1. The van der Waals surface area contributed by atoms with Crippen LogP contribution < -0.4 is 15.9 Å². The summed E-state index contributed by atoms with van der Waals surface area (Å²) in [6, 6.07) is 3.21. The average molecular weight is 334 g/mol. The van der Waals surface area contributed by atoms with Crippen molar-refractivity contribution in [1.82, 2.24) is 0 Å². The molecule has 0 spiro atoms. The summed E-state index contributed by atoms with van der Waals surface area (Å²) in [5.41, 5.74) is 1.22. The molecule has 0 aliphatic rings. The molecule has 0 bridgehead atoms. The summed E-state index contributed by atoms with van der Waals surface area (Å²) in [4.78, 5) is 0. The highest BCUT2D eigenvalue weighted by Gasteiger charge is 2.21. The van der Waals surface area contributed by atoms with E-state index in [0.29, 0.717) is 0 Å². The van der Waals surface area contributed by atoms with Crippen LogP contribution in [0.2, 0.25) is 0 Å². The zero-order chi connectivity index (χ0) is 17.6. The molecule has 130 valence electrons. The van der Waals surface area contributed by atoms with Gasteiger partial charge in [-0.05, 0) is 6.07 Å². The molecule has 1 aromatic rings. The normalized spacial score (nSPS) is 17.5. The predicted octanol–water partition coefficient (Wildman–Crippen LogP) is -4.03. The Bertz CT molecular complexity index is 539. The minimum Gasteiger partial charge on any atom is -0.595 e. The predicted molar refractivity (Wildman–Crippen MR) is 75.2 cm³/mol. The topological polar surface area (TPSA) is 201 Å². The molecule has 12 nitrogen and oxygen atoms in total. The van der Waals surface area contributed by atoms with E-state index in [9.17, 15) is 20.6 Å². The van der Waals surface area contributed by atoms with Crippen LogP contribution in [0.25, 0.3) is 0 Å². The minimum atomic E-state index is -1.66. The Morgan fingerprint density at radius 2 is 1.83 bits per heavy atom. The number of quaternary nitrogens is 2. The summed E-state index contributed by atoms with van der Waals surface area (Å²) >= 11 is 0. The van der Waals surface area contributed by atoms with Gasteiger partial charge in [-0.3, -0.25) is 5.43 Å². The molecule has 0 aromatic heterocycles. The summed E-state index contributed by atoms with van der Waals surface area (Å²) in [5, 5.41) is 77.5. The molecule has 1 rings (SSSR count). The van der Waals surface area contributed by atoms with Gasteiger partial charge in [-0.1, -0.05) is 0 Å². The van der Waals surface area contributed by atoms with E-state index >= 15 is 0 Å². The van der Waals surface area contributed by atoms with Crippen LogP contribution in [0.4, 0.5) is 17.1 Å². The third kappa shape index (κ3) is 5.15. The lowest BCUT2D eigenvalue weighted by Crippen LogP contribution is -3.00. The van der Waals surface area contributed by atoms with Gasteiger partial charge in [-0.15, -0.1) is 0 Å². The molecule has 12 heteroatoms. The second-order valence-electron chi connectivity index (χ2n) is 4.44. The third-order valence-electron chi connectivity index (χ3n) is 2.87. The molecule has 0 aliphatic heterocycles. The van der Waals surface area contributed by atoms with Gasteiger partial charge in [0, 0.05) is 6.07 Å². The number of anilines is 1. The number of benzene rings is 1. The zero-order valence-electron chi connectivity index (χ0n) is 11.7. The second-order valence-corrected chi connectivity index (χ2v) is 4.44. The molecular weight excluding hydrogens is 316 g/mol. The first-order valence-electron chi connectivity index (χ1n) is 6.32. The van der Waals surface area contributed by atoms with Crippen LogP contribution in [0.15, 0.2) is 23.3 Å². The van der Waals surface area contributed by atoms with Crippen molar-refractivity contribution in [2.75, 3.05) is 18.6 Å². The first kappa shape index (κ1) is 19.3. The maximum atomic E-state index is 11.1. The summed E-state index contributed by atoms with van der Waals surface area (Å²) in [6.07, 6.45) is -3.24. The number of nitrogens with zero attached hydrogens (tertiary/aromatic N) is 1.